The zero-order valence-corrected chi connectivity index (χ0v) is 15.5. The van der Waals surface area contributed by atoms with Crippen LogP contribution in [0.4, 0.5) is 0 Å². The number of carbonyl (C=O) groups excluding carboxylic acids is 4. The molecule has 0 saturated heterocycles. The first-order chi connectivity index (χ1) is 13.3. The topological polar surface area (TPSA) is 115 Å². The number of rotatable bonds is 8. The van der Waals surface area contributed by atoms with E-state index in [1.807, 2.05) is 6.07 Å². The van der Waals surface area contributed by atoms with Crippen molar-refractivity contribution in [2.24, 2.45) is 0 Å². The molecule has 28 heavy (non-hydrogen) atoms. The smallest absolute Gasteiger partial charge is 0.355 e. The molecule has 8 heteroatoms. The molecule has 0 atom stereocenters. The third kappa shape index (κ3) is 6.56. The van der Waals surface area contributed by atoms with Crippen molar-refractivity contribution < 1.29 is 28.3 Å². The first-order valence-electron chi connectivity index (χ1n) is 8.43. The lowest BCUT2D eigenvalue weighted by Crippen LogP contribution is -2.27. The van der Waals surface area contributed by atoms with E-state index in [0.29, 0.717) is 11.3 Å². The van der Waals surface area contributed by atoms with E-state index in [-0.39, 0.29) is 23.9 Å². The van der Waals surface area contributed by atoms with Gasteiger partial charge in [-0.15, -0.1) is 0 Å². The summed E-state index contributed by atoms with van der Waals surface area (Å²) < 4.78 is 10.3. The van der Waals surface area contributed by atoms with Crippen LogP contribution < -0.4 is 10.6 Å². The van der Waals surface area contributed by atoms with Gasteiger partial charge in [0.25, 0.3) is 0 Å². The van der Waals surface area contributed by atoms with Gasteiger partial charge in [-0.3, -0.25) is 14.4 Å². The van der Waals surface area contributed by atoms with E-state index in [1.165, 1.54) is 26.0 Å². The van der Waals surface area contributed by atoms with Gasteiger partial charge in [-0.1, -0.05) is 30.3 Å². The molecule has 1 aromatic carbocycles. The molecule has 0 spiro atoms. The molecule has 0 aliphatic heterocycles. The van der Waals surface area contributed by atoms with Gasteiger partial charge in [0.15, 0.2) is 12.4 Å². The van der Waals surface area contributed by atoms with Gasteiger partial charge in [-0.25, -0.2) is 4.79 Å². The Balaban J connectivity index is 1.99. The first-order valence-corrected chi connectivity index (χ1v) is 8.43. The van der Waals surface area contributed by atoms with Crippen molar-refractivity contribution in [3.05, 3.63) is 65.2 Å². The van der Waals surface area contributed by atoms with Gasteiger partial charge < -0.3 is 19.8 Å². The molecule has 0 bridgehead atoms. The lowest BCUT2D eigenvalue weighted by Gasteiger charge is -2.08. The summed E-state index contributed by atoms with van der Waals surface area (Å²) in [6, 6.07) is 11.9. The van der Waals surface area contributed by atoms with Crippen LogP contribution in [0.25, 0.3) is 6.08 Å². The normalized spacial score (nSPS) is 10.9. The third-order valence-electron chi connectivity index (χ3n) is 3.42. The van der Waals surface area contributed by atoms with E-state index in [4.69, 9.17) is 9.15 Å². The molecule has 2 rings (SSSR count). The van der Waals surface area contributed by atoms with Crippen molar-refractivity contribution in [1.82, 2.24) is 10.6 Å². The summed E-state index contributed by atoms with van der Waals surface area (Å²) in [4.78, 5) is 46.6. The molecule has 1 heterocycles. The number of benzene rings is 1. The monoisotopic (exact) mass is 384 g/mol. The van der Waals surface area contributed by atoms with Crippen LogP contribution in [-0.2, 0) is 25.7 Å². The second-order valence-corrected chi connectivity index (χ2v) is 5.82. The van der Waals surface area contributed by atoms with E-state index in [1.54, 1.807) is 30.3 Å². The van der Waals surface area contributed by atoms with Crippen LogP contribution in [0.15, 0.2) is 52.6 Å². The van der Waals surface area contributed by atoms with Gasteiger partial charge in [0, 0.05) is 13.8 Å². The van der Waals surface area contributed by atoms with Crippen LogP contribution in [0, 0.1) is 0 Å². The number of furan rings is 1. The number of ketones is 1. The van der Waals surface area contributed by atoms with Crippen LogP contribution >= 0.6 is 0 Å². The maximum absolute atomic E-state index is 12.3. The Kier molecular flexibility index (Phi) is 7.27. The minimum Gasteiger partial charge on any atom is -0.456 e. The fourth-order valence-electron chi connectivity index (χ4n) is 2.17. The van der Waals surface area contributed by atoms with Gasteiger partial charge in [0.1, 0.15) is 11.5 Å². The molecule has 2 N–H and O–H groups in total. The minimum absolute atomic E-state index is 0.00117. The number of hydrogen-bond acceptors (Lipinski definition) is 6. The van der Waals surface area contributed by atoms with E-state index >= 15 is 0 Å². The number of ether oxygens (including phenoxy) is 1. The maximum Gasteiger partial charge on any atom is 0.355 e. The highest BCUT2D eigenvalue weighted by Crippen LogP contribution is 2.10. The molecule has 1 aromatic heterocycles. The summed E-state index contributed by atoms with van der Waals surface area (Å²) in [5, 5.41) is 4.94. The minimum atomic E-state index is -0.850. The Morgan fingerprint density at radius 2 is 1.71 bits per heavy atom. The SMILES string of the molecule is CC(=O)NCc1ccc(C(=O)COC(=O)C(=Cc2ccccc2)NC(C)=O)o1. The predicted octanol–water partition coefficient (Wildman–Crippen LogP) is 1.82. The van der Waals surface area contributed by atoms with Crippen LogP contribution in [0.3, 0.4) is 0 Å². The first kappa shape index (κ1) is 20.6. The Bertz CT molecular complexity index is 898. The molecule has 0 fully saturated rings. The van der Waals surface area contributed by atoms with E-state index < -0.39 is 24.3 Å². The Morgan fingerprint density at radius 1 is 1.00 bits per heavy atom. The second-order valence-electron chi connectivity index (χ2n) is 5.82. The molecule has 8 nitrogen and oxygen atoms in total. The van der Waals surface area contributed by atoms with Gasteiger partial charge in [-0.05, 0) is 23.8 Å². The van der Waals surface area contributed by atoms with Crippen molar-refractivity contribution in [2.75, 3.05) is 6.61 Å². The van der Waals surface area contributed by atoms with Crippen molar-refractivity contribution in [3.8, 4) is 0 Å². The fraction of sp³-hybridized carbons (Fsp3) is 0.200. The molecular formula is C20H20N2O6. The van der Waals surface area contributed by atoms with Crippen molar-refractivity contribution in [1.29, 1.82) is 0 Å². The summed E-state index contributed by atoms with van der Waals surface area (Å²) in [5.74, 6) is -1.68. The molecule has 146 valence electrons. The summed E-state index contributed by atoms with van der Waals surface area (Å²) >= 11 is 0. The standard InChI is InChI=1S/C20H20N2O6/c1-13(23)21-11-16-8-9-19(28-16)18(25)12-27-20(26)17(22-14(2)24)10-15-6-4-3-5-7-15/h3-10H,11-12H2,1-2H3,(H,21,23)(H,22,24). The molecule has 2 amide bonds. The number of amides is 2. The molecule has 2 aromatic rings. The van der Waals surface area contributed by atoms with Gasteiger partial charge in [0.05, 0.1) is 6.54 Å². The highest BCUT2D eigenvalue weighted by molar-refractivity contribution is 6.00. The van der Waals surface area contributed by atoms with Crippen LogP contribution in [0.5, 0.6) is 0 Å². The van der Waals surface area contributed by atoms with E-state index in [0.717, 1.165) is 0 Å². The largest absolute Gasteiger partial charge is 0.456 e. The molecule has 0 radical (unpaired) electrons. The highest BCUT2D eigenvalue weighted by Gasteiger charge is 2.17. The third-order valence-corrected chi connectivity index (χ3v) is 3.42. The zero-order chi connectivity index (χ0) is 20.5. The van der Waals surface area contributed by atoms with Crippen LogP contribution in [0.2, 0.25) is 0 Å². The van der Waals surface area contributed by atoms with Crippen molar-refractivity contribution in [3.63, 3.8) is 0 Å². The summed E-state index contributed by atoms with van der Waals surface area (Å²) in [6.07, 6.45) is 1.45. The van der Waals surface area contributed by atoms with Gasteiger partial charge >= 0.3 is 5.97 Å². The van der Waals surface area contributed by atoms with Crippen molar-refractivity contribution in [2.45, 2.75) is 20.4 Å². The van der Waals surface area contributed by atoms with E-state index in [2.05, 4.69) is 10.6 Å². The Morgan fingerprint density at radius 3 is 2.36 bits per heavy atom. The molecule has 0 aliphatic rings. The Hall–Kier alpha value is -3.68. The number of carbonyl (C=O) groups is 4. The van der Waals surface area contributed by atoms with Crippen LogP contribution in [-0.4, -0.2) is 30.2 Å². The zero-order valence-electron chi connectivity index (χ0n) is 15.5. The summed E-state index contributed by atoms with van der Waals surface area (Å²) in [7, 11) is 0. The van der Waals surface area contributed by atoms with Crippen LogP contribution in [0.1, 0.15) is 35.7 Å². The summed E-state index contributed by atoms with van der Waals surface area (Å²) in [6.45, 7) is 2.22. The number of esters is 1. The summed E-state index contributed by atoms with van der Waals surface area (Å²) in [5.41, 5.74) is 0.598. The fourth-order valence-corrected chi connectivity index (χ4v) is 2.17. The lowest BCUT2D eigenvalue weighted by atomic mass is 10.2. The molecular weight excluding hydrogens is 364 g/mol. The second kappa shape index (κ2) is 9.86. The molecule has 0 saturated carbocycles. The molecule has 0 unspecified atom stereocenters. The predicted molar refractivity (Wildman–Crippen MR) is 99.8 cm³/mol. The maximum atomic E-state index is 12.3. The van der Waals surface area contributed by atoms with E-state index in [9.17, 15) is 19.2 Å². The molecule has 0 aliphatic carbocycles. The van der Waals surface area contributed by atoms with Gasteiger partial charge in [0.2, 0.25) is 17.6 Å². The van der Waals surface area contributed by atoms with Gasteiger partial charge in [-0.2, -0.15) is 0 Å². The average Bonchev–Trinajstić information content (AvgIpc) is 3.13. The average molecular weight is 384 g/mol. The number of nitrogens with one attached hydrogen (secondary N) is 2. The Labute approximate surface area is 161 Å². The quantitative estimate of drug-likeness (QED) is 0.408. The number of Topliss-reactive ketones (excluding diaryl/α,β-unsaturated/α-hetero) is 1. The number of hydrogen-bond donors (Lipinski definition) is 2. The highest BCUT2D eigenvalue weighted by atomic mass is 16.5. The van der Waals surface area contributed by atoms with Crippen molar-refractivity contribution >= 4 is 29.6 Å². The lowest BCUT2D eigenvalue weighted by molar-refractivity contribution is -0.139.